The number of para-hydroxylation sites is 1. The highest BCUT2D eigenvalue weighted by atomic mass is 32.2. The van der Waals surface area contributed by atoms with Gasteiger partial charge in [0.25, 0.3) is 11.5 Å². The van der Waals surface area contributed by atoms with Crippen LogP contribution in [0.15, 0.2) is 56.8 Å². The van der Waals surface area contributed by atoms with Gasteiger partial charge in [0.05, 0.1) is 11.1 Å². The first kappa shape index (κ1) is 19.8. The molecule has 2 aromatic heterocycles. The van der Waals surface area contributed by atoms with Crippen LogP contribution in [0.1, 0.15) is 23.2 Å². The molecule has 0 atom stereocenters. The number of likely N-dealkylation sites (tertiary alicyclic amines) is 1. The number of pyridine rings is 1. The summed E-state index contributed by atoms with van der Waals surface area (Å²) in [6.07, 6.45) is 1.05. The van der Waals surface area contributed by atoms with Gasteiger partial charge in [0.2, 0.25) is 10.0 Å². The molecule has 9 heteroatoms. The standard InChI is InChI=1S/C20H21N3O4S2/c1-22-17-6-3-2-5-15(17)16(13-18(22)24)20(25)23-10-8-14(9-11-23)21-29(26,27)19-7-4-12-28-19/h2-7,12-14,21H,8-11H2,1H3. The topological polar surface area (TPSA) is 88.5 Å². The molecule has 0 radical (unpaired) electrons. The van der Waals surface area contributed by atoms with Crippen LogP contribution in [0.4, 0.5) is 0 Å². The van der Waals surface area contributed by atoms with Crippen molar-refractivity contribution in [3.05, 3.63) is 63.8 Å². The van der Waals surface area contributed by atoms with E-state index in [2.05, 4.69) is 4.72 Å². The van der Waals surface area contributed by atoms with E-state index in [9.17, 15) is 18.0 Å². The molecule has 1 saturated heterocycles. The van der Waals surface area contributed by atoms with E-state index in [1.54, 1.807) is 29.5 Å². The maximum atomic E-state index is 13.1. The molecular weight excluding hydrogens is 410 g/mol. The van der Waals surface area contributed by atoms with Crippen molar-refractivity contribution in [3.8, 4) is 0 Å². The predicted molar refractivity (Wildman–Crippen MR) is 113 cm³/mol. The summed E-state index contributed by atoms with van der Waals surface area (Å²) in [5.41, 5.74) is 0.869. The lowest BCUT2D eigenvalue weighted by molar-refractivity contribution is 0.0713. The lowest BCUT2D eigenvalue weighted by Gasteiger charge is -2.32. The van der Waals surface area contributed by atoms with Gasteiger partial charge in [0.15, 0.2) is 0 Å². The second-order valence-electron chi connectivity index (χ2n) is 7.09. The summed E-state index contributed by atoms with van der Waals surface area (Å²) in [5.74, 6) is -0.196. The Morgan fingerprint density at radius 1 is 1.14 bits per heavy atom. The number of sulfonamides is 1. The molecule has 0 unspecified atom stereocenters. The number of aromatic nitrogens is 1. The second-order valence-corrected chi connectivity index (χ2v) is 9.98. The molecule has 152 valence electrons. The Morgan fingerprint density at radius 2 is 1.86 bits per heavy atom. The highest BCUT2D eigenvalue weighted by molar-refractivity contribution is 7.91. The lowest BCUT2D eigenvalue weighted by Crippen LogP contribution is -2.46. The quantitative estimate of drug-likeness (QED) is 0.686. The highest BCUT2D eigenvalue weighted by Gasteiger charge is 2.28. The number of thiophene rings is 1. The largest absolute Gasteiger partial charge is 0.339 e. The second kappa shape index (κ2) is 7.74. The average molecular weight is 432 g/mol. The Hall–Kier alpha value is -2.49. The first-order valence-electron chi connectivity index (χ1n) is 9.31. The van der Waals surface area contributed by atoms with E-state index in [4.69, 9.17) is 0 Å². The number of rotatable bonds is 4. The minimum Gasteiger partial charge on any atom is -0.339 e. The van der Waals surface area contributed by atoms with Gasteiger partial charge in [-0.25, -0.2) is 13.1 Å². The molecule has 3 heterocycles. The van der Waals surface area contributed by atoms with Crippen molar-refractivity contribution in [1.29, 1.82) is 0 Å². The number of piperidine rings is 1. The molecule has 0 bridgehead atoms. The number of benzene rings is 1. The number of aryl methyl sites for hydroxylation is 1. The van der Waals surface area contributed by atoms with Crippen molar-refractivity contribution >= 4 is 38.2 Å². The lowest BCUT2D eigenvalue weighted by atomic mass is 10.0. The van der Waals surface area contributed by atoms with E-state index in [1.807, 2.05) is 24.3 Å². The fourth-order valence-electron chi connectivity index (χ4n) is 3.65. The summed E-state index contributed by atoms with van der Waals surface area (Å²) in [6, 6.07) is 11.8. The van der Waals surface area contributed by atoms with Gasteiger partial charge in [-0.2, -0.15) is 0 Å². The van der Waals surface area contributed by atoms with Crippen LogP contribution in [0.25, 0.3) is 10.9 Å². The zero-order valence-corrected chi connectivity index (χ0v) is 17.5. The van der Waals surface area contributed by atoms with Crippen molar-refractivity contribution in [2.75, 3.05) is 13.1 Å². The molecule has 29 heavy (non-hydrogen) atoms. The summed E-state index contributed by atoms with van der Waals surface area (Å²) in [4.78, 5) is 27.1. The number of carbonyl (C=O) groups excluding carboxylic acids is 1. The minimum atomic E-state index is -3.52. The molecule has 1 aliphatic heterocycles. The molecule has 0 spiro atoms. The number of carbonyl (C=O) groups is 1. The molecule has 0 aliphatic carbocycles. The predicted octanol–water partition coefficient (Wildman–Crippen LogP) is 2.18. The van der Waals surface area contributed by atoms with Crippen molar-refractivity contribution in [3.63, 3.8) is 0 Å². The van der Waals surface area contributed by atoms with Crippen LogP contribution < -0.4 is 10.3 Å². The van der Waals surface area contributed by atoms with Crippen LogP contribution in [-0.4, -0.2) is 42.9 Å². The van der Waals surface area contributed by atoms with E-state index >= 15 is 0 Å². The van der Waals surface area contributed by atoms with E-state index in [1.165, 1.54) is 22.0 Å². The van der Waals surface area contributed by atoms with E-state index < -0.39 is 10.0 Å². The number of nitrogens with zero attached hydrogens (tertiary/aromatic N) is 2. The molecular formula is C20H21N3O4S2. The third-order valence-corrected chi connectivity index (χ3v) is 8.17. The monoisotopic (exact) mass is 431 g/mol. The summed E-state index contributed by atoms with van der Waals surface area (Å²) in [6.45, 7) is 0.861. The van der Waals surface area contributed by atoms with Crippen LogP contribution in [0.3, 0.4) is 0 Å². The molecule has 1 fully saturated rings. The number of hydrogen-bond acceptors (Lipinski definition) is 5. The van der Waals surface area contributed by atoms with Crippen molar-refractivity contribution in [2.24, 2.45) is 7.05 Å². The van der Waals surface area contributed by atoms with Gasteiger partial charge in [-0.15, -0.1) is 11.3 Å². The smallest absolute Gasteiger partial charge is 0.254 e. The van der Waals surface area contributed by atoms with Gasteiger partial charge < -0.3 is 9.47 Å². The molecule has 1 aromatic carbocycles. The first-order valence-corrected chi connectivity index (χ1v) is 11.7. The Morgan fingerprint density at radius 3 is 2.55 bits per heavy atom. The van der Waals surface area contributed by atoms with Crippen LogP contribution in [0, 0.1) is 0 Å². The van der Waals surface area contributed by atoms with Crippen molar-refractivity contribution in [2.45, 2.75) is 23.1 Å². The number of nitrogens with one attached hydrogen (secondary N) is 1. The maximum absolute atomic E-state index is 13.1. The molecule has 1 aliphatic rings. The third-order valence-electron chi connectivity index (χ3n) is 5.25. The molecule has 4 rings (SSSR count). The maximum Gasteiger partial charge on any atom is 0.254 e. The van der Waals surface area contributed by atoms with Gasteiger partial charge in [-0.1, -0.05) is 24.3 Å². The molecule has 7 nitrogen and oxygen atoms in total. The molecule has 1 amide bonds. The average Bonchev–Trinajstić information content (AvgIpc) is 3.27. The van der Waals surface area contributed by atoms with Crippen molar-refractivity contribution < 1.29 is 13.2 Å². The van der Waals surface area contributed by atoms with E-state index in [0.29, 0.717) is 41.2 Å². The zero-order chi connectivity index (χ0) is 20.6. The summed E-state index contributed by atoms with van der Waals surface area (Å²) in [5, 5.41) is 2.46. The Balaban J connectivity index is 1.50. The number of fused-ring (bicyclic) bond motifs is 1. The molecule has 0 saturated carbocycles. The molecule has 3 aromatic rings. The van der Waals surface area contributed by atoms with Crippen LogP contribution in [0.2, 0.25) is 0 Å². The summed E-state index contributed by atoms with van der Waals surface area (Å²) in [7, 11) is -1.84. The summed E-state index contributed by atoms with van der Waals surface area (Å²) >= 11 is 1.18. The number of amides is 1. The Labute approximate surface area is 172 Å². The SMILES string of the molecule is Cn1c(=O)cc(C(=O)N2CCC(NS(=O)(=O)c3cccs3)CC2)c2ccccc21. The minimum absolute atomic E-state index is 0.196. The highest BCUT2D eigenvalue weighted by Crippen LogP contribution is 2.22. The van der Waals surface area contributed by atoms with Crippen LogP contribution >= 0.6 is 11.3 Å². The fraction of sp³-hybridized carbons (Fsp3) is 0.300. The van der Waals surface area contributed by atoms with Crippen LogP contribution in [-0.2, 0) is 17.1 Å². The number of hydrogen-bond donors (Lipinski definition) is 1. The van der Waals surface area contributed by atoms with Gasteiger partial charge in [-0.3, -0.25) is 9.59 Å². The van der Waals surface area contributed by atoms with Gasteiger partial charge in [-0.05, 0) is 30.4 Å². The van der Waals surface area contributed by atoms with Crippen molar-refractivity contribution in [1.82, 2.24) is 14.2 Å². The van der Waals surface area contributed by atoms with Gasteiger partial charge in [0.1, 0.15) is 4.21 Å². The summed E-state index contributed by atoms with van der Waals surface area (Å²) < 4.78 is 29.3. The zero-order valence-electron chi connectivity index (χ0n) is 15.9. The fourth-order valence-corrected chi connectivity index (χ4v) is 5.97. The van der Waals surface area contributed by atoms with E-state index in [0.717, 1.165) is 5.39 Å². The van der Waals surface area contributed by atoms with E-state index in [-0.39, 0.29) is 17.5 Å². The normalized spacial score (nSPS) is 15.7. The van der Waals surface area contributed by atoms with Gasteiger partial charge >= 0.3 is 0 Å². The van der Waals surface area contributed by atoms with Gasteiger partial charge in [0, 0.05) is 37.6 Å². The molecule has 1 N–H and O–H groups in total. The Kier molecular flexibility index (Phi) is 5.28. The van der Waals surface area contributed by atoms with Crippen LogP contribution in [0.5, 0.6) is 0 Å². The third kappa shape index (κ3) is 3.85. The Bertz CT molecular complexity index is 1210. The first-order chi connectivity index (χ1) is 13.9.